The van der Waals surface area contributed by atoms with Crippen LogP contribution in [-0.4, -0.2) is 9.55 Å². The molecule has 0 aliphatic heterocycles. The van der Waals surface area contributed by atoms with E-state index in [0.29, 0.717) is 0 Å². The molecule has 0 fully saturated rings. The summed E-state index contributed by atoms with van der Waals surface area (Å²) in [5, 5.41) is 4.22. The second kappa shape index (κ2) is 4.59. The zero-order valence-electron chi connectivity index (χ0n) is 8.76. The van der Waals surface area contributed by atoms with Gasteiger partial charge in [-0.3, -0.25) is 0 Å². The molecule has 2 aromatic heterocycles. The van der Waals surface area contributed by atoms with E-state index in [-0.39, 0.29) is 6.04 Å². The van der Waals surface area contributed by atoms with Crippen LogP contribution in [-0.2, 0) is 13.0 Å². The minimum atomic E-state index is -0.00505. The molecule has 2 rings (SSSR count). The van der Waals surface area contributed by atoms with Gasteiger partial charge >= 0.3 is 0 Å². The van der Waals surface area contributed by atoms with Gasteiger partial charge in [-0.25, -0.2) is 4.98 Å². The van der Waals surface area contributed by atoms with Crippen LogP contribution in [0.4, 0.5) is 0 Å². The fraction of sp³-hybridized carbons (Fsp3) is 0.364. The molecule has 80 valence electrons. The van der Waals surface area contributed by atoms with Gasteiger partial charge in [0.1, 0.15) is 5.82 Å². The Balaban J connectivity index is 2.11. The maximum atomic E-state index is 6.13. The van der Waals surface area contributed by atoms with Crippen molar-refractivity contribution in [2.24, 2.45) is 5.73 Å². The molecule has 0 aliphatic rings. The minimum Gasteiger partial charge on any atom is -0.334 e. The summed E-state index contributed by atoms with van der Waals surface area (Å²) in [5.41, 5.74) is 7.42. The standard InChI is InChI=1S/C11H15N3S/c1-2-14-5-4-13-11(14)10(12)7-9-3-6-15-8-9/h3-6,8,10H,2,7,12H2,1H3. The van der Waals surface area contributed by atoms with E-state index in [9.17, 15) is 0 Å². The predicted octanol–water partition coefficient (Wildman–Crippen LogP) is 2.21. The second-order valence-corrected chi connectivity index (χ2v) is 4.29. The quantitative estimate of drug-likeness (QED) is 0.860. The van der Waals surface area contributed by atoms with Crippen molar-refractivity contribution in [1.29, 1.82) is 0 Å². The van der Waals surface area contributed by atoms with Crippen molar-refractivity contribution in [2.45, 2.75) is 25.9 Å². The molecule has 0 aliphatic carbocycles. The highest BCUT2D eigenvalue weighted by molar-refractivity contribution is 7.07. The number of hydrogen-bond acceptors (Lipinski definition) is 3. The number of nitrogens with two attached hydrogens (primary N) is 1. The average Bonchev–Trinajstić information content (AvgIpc) is 2.86. The largest absolute Gasteiger partial charge is 0.334 e. The van der Waals surface area contributed by atoms with Gasteiger partial charge in [-0.15, -0.1) is 0 Å². The summed E-state index contributed by atoms with van der Waals surface area (Å²) >= 11 is 1.71. The number of imidazole rings is 1. The van der Waals surface area contributed by atoms with Gasteiger partial charge in [0.2, 0.25) is 0 Å². The molecule has 0 radical (unpaired) electrons. The number of nitrogens with zero attached hydrogens (tertiary/aromatic N) is 2. The number of rotatable bonds is 4. The van der Waals surface area contributed by atoms with Crippen LogP contribution in [0.1, 0.15) is 24.4 Å². The van der Waals surface area contributed by atoms with Gasteiger partial charge in [0, 0.05) is 18.9 Å². The molecule has 2 heterocycles. The Labute approximate surface area is 93.6 Å². The summed E-state index contributed by atoms with van der Waals surface area (Å²) < 4.78 is 2.09. The van der Waals surface area contributed by atoms with Gasteiger partial charge in [-0.1, -0.05) is 0 Å². The normalized spacial score (nSPS) is 12.9. The van der Waals surface area contributed by atoms with Crippen LogP contribution in [0.2, 0.25) is 0 Å². The van der Waals surface area contributed by atoms with E-state index in [0.717, 1.165) is 18.8 Å². The first-order valence-corrected chi connectivity index (χ1v) is 6.03. The van der Waals surface area contributed by atoms with Crippen LogP contribution in [0.25, 0.3) is 0 Å². The van der Waals surface area contributed by atoms with Crippen molar-refractivity contribution in [3.63, 3.8) is 0 Å². The lowest BCUT2D eigenvalue weighted by Gasteiger charge is -2.11. The van der Waals surface area contributed by atoms with Crippen LogP contribution in [0.5, 0.6) is 0 Å². The van der Waals surface area contributed by atoms with E-state index >= 15 is 0 Å². The van der Waals surface area contributed by atoms with Gasteiger partial charge in [-0.2, -0.15) is 11.3 Å². The smallest absolute Gasteiger partial charge is 0.125 e. The maximum Gasteiger partial charge on any atom is 0.125 e. The summed E-state index contributed by atoms with van der Waals surface area (Å²) in [6, 6.07) is 2.11. The van der Waals surface area contributed by atoms with E-state index in [2.05, 4.69) is 33.3 Å². The van der Waals surface area contributed by atoms with Crippen molar-refractivity contribution >= 4 is 11.3 Å². The Kier molecular flexibility index (Phi) is 3.18. The first-order chi connectivity index (χ1) is 7.31. The van der Waals surface area contributed by atoms with E-state index in [1.54, 1.807) is 11.3 Å². The third-order valence-corrected chi connectivity index (χ3v) is 3.19. The molecular formula is C11H15N3S. The van der Waals surface area contributed by atoms with Gasteiger partial charge in [0.25, 0.3) is 0 Å². The second-order valence-electron chi connectivity index (χ2n) is 3.51. The topological polar surface area (TPSA) is 43.8 Å². The molecule has 1 atom stereocenters. The van der Waals surface area contributed by atoms with Crippen LogP contribution in [0.3, 0.4) is 0 Å². The summed E-state index contributed by atoms with van der Waals surface area (Å²) in [5.74, 6) is 0.976. The van der Waals surface area contributed by atoms with Crippen molar-refractivity contribution in [3.05, 3.63) is 40.6 Å². The van der Waals surface area contributed by atoms with E-state index in [4.69, 9.17) is 5.73 Å². The monoisotopic (exact) mass is 221 g/mol. The molecule has 0 spiro atoms. The Bertz CT molecular complexity index is 405. The SMILES string of the molecule is CCn1ccnc1C(N)Cc1ccsc1. The molecule has 2 aromatic rings. The summed E-state index contributed by atoms with van der Waals surface area (Å²) in [6.45, 7) is 3.02. The van der Waals surface area contributed by atoms with Crippen molar-refractivity contribution in [1.82, 2.24) is 9.55 Å². The summed E-state index contributed by atoms with van der Waals surface area (Å²) in [4.78, 5) is 4.31. The molecule has 2 N–H and O–H groups in total. The van der Waals surface area contributed by atoms with E-state index < -0.39 is 0 Å². The Hall–Kier alpha value is -1.13. The van der Waals surface area contributed by atoms with Gasteiger partial charge in [-0.05, 0) is 35.7 Å². The summed E-state index contributed by atoms with van der Waals surface area (Å²) in [7, 11) is 0. The first kappa shape index (κ1) is 10.4. The van der Waals surface area contributed by atoms with Crippen molar-refractivity contribution in [3.8, 4) is 0 Å². The Morgan fingerprint density at radius 1 is 1.60 bits per heavy atom. The molecule has 0 aromatic carbocycles. The Morgan fingerprint density at radius 2 is 2.47 bits per heavy atom. The molecule has 0 bridgehead atoms. The highest BCUT2D eigenvalue weighted by atomic mass is 32.1. The molecule has 1 unspecified atom stereocenters. The third kappa shape index (κ3) is 2.27. The minimum absolute atomic E-state index is 0.00505. The fourth-order valence-corrected chi connectivity index (χ4v) is 2.35. The van der Waals surface area contributed by atoms with E-state index in [1.165, 1.54) is 5.56 Å². The zero-order chi connectivity index (χ0) is 10.7. The lowest BCUT2D eigenvalue weighted by Crippen LogP contribution is -2.18. The number of aryl methyl sites for hydroxylation is 1. The molecular weight excluding hydrogens is 206 g/mol. The van der Waals surface area contributed by atoms with E-state index in [1.807, 2.05) is 12.4 Å². The number of aromatic nitrogens is 2. The zero-order valence-corrected chi connectivity index (χ0v) is 9.57. The maximum absolute atomic E-state index is 6.13. The van der Waals surface area contributed by atoms with Crippen molar-refractivity contribution in [2.75, 3.05) is 0 Å². The van der Waals surface area contributed by atoms with Crippen molar-refractivity contribution < 1.29 is 0 Å². The Morgan fingerprint density at radius 3 is 3.13 bits per heavy atom. The van der Waals surface area contributed by atoms with Crippen LogP contribution in [0, 0.1) is 0 Å². The number of thiophene rings is 1. The van der Waals surface area contributed by atoms with Gasteiger partial charge in [0.05, 0.1) is 6.04 Å². The highest BCUT2D eigenvalue weighted by Gasteiger charge is 2.12. The first-order valence-electron chi connectivity index (χ1n) is 5.09. The molecule has 0 amide bonds. The van der Waals surface area contributed by atoms with Gasteiger partial charge < -0.3 is 10.3 Å². The average molecular weight is 221 g/mol. The number of hydrogen-bond donors (Lipinski definition) is 1. The molecule has 0 saturated heterocycles. The predicted molar refractivity (Wildman–Crippen MR) is 62.9 cm³/mol. The van der Waals surface area contributed by atoms with Crippen LogP contribution >= 0.6 is 11.3 Å². The fourth-order valence-electron chi connectivity index (χ4n) is 1.67. The third-order valence-electron chi connectivity index (χ3n) is 2.46. The van der Waals surface area contributed by atoms with Gasteiger partial charge in [0.15, 0.2) is 0 Å². The van der Waals surface area contributed by atoms with Crippen LogP contribution in [0.15, 0.2) is 29.2 Å². The molecule has 0 saturated carbocycles. The van der Waals surface area contributed by atoms with Crippen LogP contribution < -0.4 is 5.73 Å². The molecule has 4 heteroatoms. The molecule has 15 heavy (non-hydrogen) atoms. The lowest BCUT2D eigenvalue weighted by molar-refractivity contribution is 0.600. The summed E-state index contributed by atoms with van der Waals surface area (Å²) in [6.07, 6.45) is 4.65. The molecule has 3 nitrogen and oxygen atoms in total. The lowest BCUT2D eigenvalue weighted by atomic mass is 10.1. The highest BCUT2D eigenvalue weighted by Crippen LogP contribution is 2.16.